The zero-order valence-corrected chi connectivity index (χ0v) is 13.6. The van der Waals surface area contributed by atoms with Crippen molar-refractivity contribution in [1.82, 2.24) is 5.32 Å². The van der Waals surface area contributed by atoms with Gasteiger partial charge in [0.15, 0.2) is 0 Å². The third kappa shape index (κ3) is 5.72. The minimum Gasteiger partial charge on any atom is -0.356 e. The normalized spacial score (nSPS) is 14.7. The van der Waals surface area contributed by atoms with Crippen LogP contribution in [0.3, 0.4) is 0 Å². The lowest BCUT2D eigenvalue weighted by Crippen LogP contribution is -2.25. The summed E-state index contributed by atoms with van der Waals surface area (Å²) in [5, 5.41) is 4.07. The fourth-order valence-electron chi connectivity index (χ4n) is 2.54. The Bertz CT molecular complexity index is 526. The highest BCUT2D eigenvalue weighted by molar-refractivity contribution is 6.42. The summed E-state index contributed by atoms with van der Waals surface area (Å²) in [5.41, 5.74) is 2.53. The maximum Gasteiger partial charge on any atom is 0.220 e. The molecule has 1 aliphatic carbocycles. The number of halogens is 2. The van der Waals surface area contributed by atoms with E-state index in [1.165, 1.54) is 31.3 Å². The van der Waals surface area contributed by atoms with Gasteiger partial charge in [-0.2, -0.15) is 0 Å². The van der Waals surface area contributed by atoms with E-state index in [1.54, 1.807) is 6.07 Å². The van der Waals surface area contributed by atoms with E-state index < -0.39 is 0 Å². The lowest BCUT2D eigenvalue weighted by atomic mass is 9.97. The quantitative estimate of drug-likeness (QED) is 0.738. The van der Waals surface area contributed by atoms with Gasteiger partial charge >= 0.3 is 0 Å². The lowest BCUT2D eigenvalue weighted by Gasteiger charge is -2.13. The maximum absolute atomic E-state index is 11.8. The number of amides is 1. The molecule has 0 saturated carbocycles. The van der Waals surface area contributed by atoms with Crippen LogP contribution in [0.5, 0.6) is 0 Å². The van der Waals surface area contributed by atoms with E-state index >= 15 is 0 Å². The van der Waals surface area contributed by atoms with Gasteiger partial charge in [0.25, 0.3) is 0 Å². The first-order valence-corrected chi connectivity index (χ1v) is 8.29. The van der Waals surface area contributed by atoms with E-state index in [9.17, 15) is 4.79 Å². The van der Waals surface area contributed by atoms with Gasteiger partial charge < -0.3 is 5.32 Å². The van der Waals surface area contributed by atoms with Gasteiger partial charge in [0.1, 0.15) is 0 Å². The molecule has 4 heteroatoms. The van der Waals surface area contributed by atoms with Gasteiger partial charge in [-0.3, -0.25) is 4.79 Å². The summed E-state index contributed by atoms with van der Waals surface area (Å²) < 4.78 is 0. The standard InChI is InChI=1S/C17H21Cl2NO/c18-15-8-6-14(12-16(15)19)7-9-17(21)20-11-10-13-4-2-1-3-5-13/h4,6,8,12H,1-3,5,7,9-11H2,(H,20,21). The molecule has 1 aromatic carbocycles. The van der Waals surface area contributed by atoms with Crippen LogP contribution in [0, 0.1) is 0 Å². The maximum atomic E-state index is 11.8. The molecule has 0 fully saturated rings. The van der Waals surface area contributed by atoms with Crippen LogP contribution in [0.25, 0.3) is 0 Å². The molecule has 2 nitrogen and oxygen atoms in total. The first-order chi connectivity index (χ1) is 10.1. The molecule has 0 radical (unpaired) electrons. The molecule has 0 heterocycles. The van der Waals surface area contributed by atoms with Crippen molar-refractivity contribution in [1.29, 1.82) is 0 Å². The van der Waals surface area contributed by atoms with Gasteiger partial charge in [0.05, 0.1) is 10.0 Å². The van der Waals surface area contributed by atoms with Crippen LogP contribution < -0.4 is 5.32 Å². The van der Waals surface area contributed by atoms with Crippen LogP contribution in [0.1, 0.15) is 44.1 Å². The van der Waals surface area contributed by atoms with Gasteiger partial charge in [0, 0.05) is 13.0 Å². The van der Waals surface area contributed by atoms with Crippen molar-refractivity contribution < 1.29 is 4.79 Å². The predicted octanol–water partition coefficient (Wildman–Crippen LogP) is 4.93. The Morgan fingerprint density at radius 1 is 1.14 bits per heavy atom. The molecule has 0 aliphatic heterocycles. The average molecular weight is 326 g/mol. The van der Waals surface area contributed by atoms with Crippen molar-refractivity contribution in [2.24, 2.45) is 0 Å². The molecule has 0 unspecified atom stereocenters. The van der Waals surface area contributed by atoms with Gasteiger partial charge in [-0.1, -0.05) is 40.9 Å². The average Bonchev–Trinajstić information content (AvgIpc) is 2.49. The fraction of sp³-hybridized carbons (Fsp3) is 0.471. The number of carbonyl (C=O) groups is 1. The summed E-state index contributed by atoms with van der Waals surface area (Å²) in [4.78, 5) is 11.8. The minimum atomic E-state index is 0.0949. The number of allylic oxidation sites excluding steroid dienone is 1. The molecule has 1 aliphatic rings. The van der Waals surface area contributed by atoms with E-state index in [2.05, 4.69) is 11.4 Å². The highest BCUT2D eigenvalue weighted by Crippen LogP contribution is 2.23. The summed E-state index contributed by atoms with van der Waals surface area (Å²) in [7, 11) is 0. The molecule has 1 aromatic rings. The summed E-state index contributed by atoms with van der Waals surface area (Å²) >= 11 is 11.8. The first-order valence-electron chi connectivity index (χ1n) is 7.53. The second-order valence-electron chi connectivity index (χ2n) is 5.46. The van der Waals surface area contributed by atoms with Crippen molar-refractivity contribution >= 4 is 29.1 Å². The minimum absolute atomic E-state index is 0.0949. The molecule has 1 N–H and O–H groups in total. The molecule has 0 saturated heterocycles. The van der Waals surface area contributed by atoms with Crippen LogP contribution in [-0.2, 0) is 11.2 Å². The number of aryl methyl sites for hydroxylation is 1. The van der Waals surface area contributed by atoms with E-state index in [1.807, 2.05) is 12.1 Å². The highest BCUT2D eigenvalue weighted by atomic mass is 35.5. The molecule has 114 valence electrons. The van der Waals surface area contributed by atoms with Crippen molar-refractivity contribution in [3.05, 3.63) is 45.5 Å². The molecule has 1 amide bonds. The Hall–Kier alpha value is -0.990. The van der Waals surface area contributed by atoms with Gasteiger partial charge in [-0.15, -0.1) is 0 Å². The third-order valence-corrected chi connectivity index (χ3v) is 4.52. The van der Waals surface area contributed by atoms with Crippen LogP contribution >= 0.6 is 23.2 Å². The second kappa shape index (κ2) is 8.45. The van der Waals surface area contributed by atoms with Gasteiger partial charge in [-0.05, 0) is 56.2 Å². The summed E-state index contributed by atoms with van der Waals surface area (Å²) in [6, 6.07) is 5.50. The van der Waals surface area contributed by atoms with Crippen LogP contribution in [-0.4, -0.2) is 12.5 Å². The number of carbonyl (C=O) groups excluding carboxylic acids is 1. The number of hydrogen-bond acceptors (Lipinski definition) is 1. The molecule has 0 spiro atoms. The van der Waals surface area contributed by atoms with E-state index in [0.29, 0.717) is 22.9 Å². The SMILES string of the molecule is O=C(CCc1ccc(Cl)c(Cl)c1)NCCC1=CCCCC1. The Morgan fingerprint density at radius 2 is 2.00 bits per heavy atom. The van der Waals surface area contributed by atoms with Crippen molar-refractivity contribution in [3.63, 3.8) is 0 Å². The zero-order chi connectivity index (χ0) is 15.1. The van der Waals surface area contributed by atoms with E-state index in [4.69, 9.17) is 23.2 Å². The van der Waals surface area contributed by atoms with Crippen molar-refractivity contribution in [2.45, 2.75) is 44.9 Å². The first kappa shape index (κ1) is 16.4. The smallest absolute Gasteiger partial charge is 0.220 e. The van der Waals surface area contributed by atoms with Crippen LogP contribution in [0.2, 0.25) is 10.0 Å². The number of benzene rings is 1. The third-order valence-electron chi connectivity index (χ3n) is 3.78. The zero-order valence-electron chi connectivity index (χ0n) is 12.1. The van der Waals surface area contributed by atoms with E-state index in [0.717, 1.165) is 18.5 Å². The number of hydrogen-bond donors (Lipinski definition) is 1. The molecular weight excluding hydrogens is 305 g/mol. The van der Waals surface area contributed by atoms with Crippen molar-refractivity contribution in [2.75, 3.05) is 6.54 Å². The van der Waals surface area contributed by atoms with E-state index in [-0.39, 0.29) is 5.91 Å². The molecule has 0 atom stereocenters. The molecular formula is C17H21Cl2NO. The van der Waals surface area contributed by atoms with Gasteiger partial charge in [0.2, 0.25) is 5.91 Å². The topological polar surface area (TPSA) is 29.1 Å². The lowest BCUT2D eigenvalue weighted by molar-refractivity contribution is -0.121. The largest absolute Gasteiger partial charge is 0.356 e. The predicted molar refractivity (Wildman–Crippen MR) is 89.0 cm³/mol. The van der Waals surface area contributed by atoms with Crippen LogP contribution in [0.15, 0.2) is 29.8 Å². The Morgan fingerprint density at radius 3 is 2.71 bits per heavy atom. The fourth-order valence-corrected chi connectivity index (χ4v) is 2.86. The number of rotatable bonds is 6. The molecule has 0 aromatic heterocycles. The number of nitrogens with one attached hydrogen (secondary N) is 1. The summed E-state index contributed by atoms with van der Waals surface area (Å²) in [6.45, 7) is 0.742. The van der Waals surface area contributed by atoms with Gasteiger partial charge in [-0.25, -0.2) is 0 Å². The Labute approximate surface area is 136 Å². The monoisotopic (exact) mass is 325 g/mol. The Kier molecular flexibility index (Phi) is 6.59. The second-order valence-corrected chi connectivity index (χ2v) is 6.27. The summed E-state index contributed by atoms with van der Waals surface area (Å²) in [6.07, 6.45) is 9.46. The molecule has 21 heavy (non-hydrogen) atoms. The van der Waals surface area contributed by atoms with Crippen molar-refractivity contribution in [3.8, 4) is 0 Å². The molecule has 2 rings (SSSR count). The molecule has 0 bridgehead atoms. The Balaban J connectivity index is 1.67. The van der Waals surface area contributed by atoms with Crippen LogP contribution in [0.4, 0.5) is 0 Å². The highest BCUT2D eigenvalue weighted by Gasteiger charge is 2.06. The summed E-state index contributed by atoms with van der Waals surface area (Å²) in [5.74, 6) is 0.0949.